The van der Waals surface area contributed by atoms with Gasteiger partial charge in [0, 0.05) is 41.6 Å². The van der Waals surface area contributed by atoms with Crippen molar-refractivity contribution in [1.82, 2.24) is 15.2 Å². The number of benzene rings is 1. The summed E-state index contributed by atoms with van der Waals surface area (Å²) in [6.45, 7) is 4.01. The fourth-order valence-corrected chi connectivity index (χ4v) is 4.01. The van der Waals surface area contributed by atoms with Gasteiger partial charge in [0.1, 0.15) is 0 Å². The molecule has 110 valence electrons. The number of fused-ring (bicyclic) bond motifs is 2. The molecule has 4 heteroatoms. The SMILES string of the molecule is Cc1[nH]c2ccccc2c1CCN1C(=O)C[C@H]2NCC[C@H]21. The number of hydrogen-bond acceptors (Lipinski definition) is 2. The number of para-hydroxylation sites is 1. The zero-order chi connectivity index (χ0) is 14.4. The van der Waals surface area contributed by atoms with Gasteiger partial charge < -0.3 is 15.2 Å². The number of amides is 1. The standard InChI is InChI=1S/C17H21N3O/c1-11-12(13-4-2-3-5-14(13)19-11)7-9-20-16-6-8-18-15(16)10-17(20)21/h2-5,15-16,18-19H,6-10H2,1H3/t15-,16-/m1/s1. The Kier molecular flexibility index (Phi) is 3.00. The van der Waals surface area contributed by atoms with Crippen LogP contribution in [0, 0.1) is 6.92 Å². The molecule has 0 radical (unpaired) electrons. The summed E-state index contributed by atoms with van der Waals surface area (Å²) in [4.78, 5) is 17.7. The number of aromatic nitrogens is 1. The topological polar surface area (TPSA) is 48.1 Å². The van der Waals surface area contributed by atoms with Crippen LogP contribution in [-0.2, 0) is 11.2 Å². The molecule has 4 rings (SSSR count). The van der Waals surface area contributed by atoms with Crippen molar-refractivity contribution in [2.45, 2.75) is 38.3 Å². The molecule has 2 N–H and O–H groups in total. The average Bonchev–Trinajstić information content (AvgIpc) is 3.11. The molecule has 0 spiro atoms. The lowest BCUT2D eigenvalue weighted by atomic mass is 10.1. The third kappa shape index (κ3) is 2.05. The molecule has 21 heavy (non-hydrogen) atoms. The van der Waals surface area contributed by atoms with Crippen LogP contribution < -0.4 is 5.32 Å². The van der Waals surface area contributed by atoms with E-state index in [0.717, 1.165) is 25.9 Å². The Bertz CT molecular complexity index is 690. The second kappa shape index (κ2) is 4.88. The van der Waals surface area contributed by atoms with Crippen LogP contribution in [0.1, 0.15) is 24.1 Å². The average molecular weight is 283 g/mol. The lowest BCUT2D eigenvalue weighted by Gasteiger charge is -2.23. The molecule has 0 saturated carbocycles. The summed E-state index contributed by atoms with van der Waals surface area (Å²) in [7, 11) is 0. The van der Waals surface area contributed by atoms with Crippen molar-refractivity contribution in [3.05, 3.63) is 35.5 Å². The van der Waals surface area contributed by atoms with Crippen molar-refractivity contribution in [3.63, 3.8) is 0 Å². The first kappa shape index (κ1) is 12.9. The van der Waals surface area contributed by atoms with Crippen LogP contribution in [0.25, 0.3) is 10.9 Å². The quantitative estimate of drug-likeness (QED) is 0.905. The molecule has 2 aliphatic heterocycles. The van der Waals surface area contributed by atoms with Crippen molar-refractivity contribution in [2.24, 2.45) is 0 Å². The highest BCUT2D eigenvalue weighted by Gasteiger charge is 2.41. The van der Waals surface area contributed by atoms with Crippen molar-refractivity contribution in [2.75, 3.05) is 13.1 Å². The van der Waals surface area contributed by atoms with Crippen molar-refractivity contribution < 1.29 is 4.79 Å². The zero-order valence-electron chi connectivity index (χ0n) is 12.4. The monoisotopic (exact) mass is 283 g/mol. The number of carbonyl (C=O) groups excluding carboxylic acids is 1. The fraction of sp³-hybridized carbons (Fsp3) is 0.471. The van der Waals surface area contributed by atoms with E-state index in [0.29, 0.717) is 24.4 Å². The van der Waals surface area contributed by atoms with Crippen LogP contribution in [0.5, 0.6) is 0 Å². The van der Waals surface area contributed by atoms with E-state index in [1.807, 2.05) is 0 Å². The Balaban J connectivity index is 1.56. The van der Waals surface area contributed by atoms with E-state index >= 15 is 0 Å². The molecule has 4 nitrogen and oxygen atoms in total. The zero-order valence-corrected chi connectivity index (χ0v) is 12.4. The Hall–Kier alpha value is -1.81. The molecule has 2 aromatic rings. The van der Waals surface area contributed by atoms with Crippen molar-refractivity contribution in [3.8, 4) is 0 Å². The Morgan fingerprint density at radius 2 is 2.19 bits per heavy atom. The number of H-pyrrole nitrogens is 1. The number of hydrogen-bond donors (Lipinski definition) is 2. The normalized spacial score (nSPS) is 25.0. The summed E-state index contributed by atoms with van der Waals surface area (Å²) < 4.78 is 0. The van der Waals surface area contributed by atoms with Gasteiger partial charge >= 0.3 is 0 Å². The summed E-state index contributed by atoms with van der Waals surface area (Å²) >= 11 is 0. The molecular formula is C17H21N3O. The number of nitrogens with zero attached hydrogens (tertiary/aromatic N) is 1. The molecule has 0 bridgehead atoms. The van der Waals surface area contributed by atoms with Crippen molar-refractivity contribution >= 4 is 16.8 Å². The number of nitrogens with one attached hydrogen (secondary N) is 2. The maximum Gasteiger partial charge on any atom is 0.224 e. The van der Waals surface area contributed by atoms with E-state index in [1.165, 1.54) is 22.2 Å². The predicted octanol–water partition coefficient (Wildman–Crippen LogP) is 1.98. The molecular weight excluding hydrogens is 262 g/mol. The minimum atomic E-state index is 0.315. The number of rotatable bonds is 3. The van der Waals surface area contributed by atoms with Gasteiger partial charge in [-0.15, -0.1) is 0 Å². The first-order valence-electron chi connectivity index (χ1n) is 7.83. The van der Waals surface area contributed by atoms with Crippen LogP contribution in [0.15, 0.2) is 24.3 Å². The second-order valence-corrected chi connectivity index (χ2v) is 6.23. The summed E-state index contributed by atoms with van der Waals surface area (Å²) in [5, 5.41) is 4.74. The molecule has 2 saturated heterocycles. The number of likely N-dealkylation sites (tertiary alicyclic amines) is 1. The van der Waals surface area contributed by atoms with E-state index in [-0.39, 0.29) is 0 Å². The van der Waals surface area contributed by atoms with Crippen LogP contribution >= 0.6 is 0 Å². The van der Waals surface area contributed by atoms with E-state index in [2.05, 4.69) is 46.4 Å². The molecule has 3 heterocycles. The van der Waals surface area contributed by atoms with Crippen LogP contribution in [0.3, 0.4) is 0 Å². The van der Waals surface area contributed by atoms with Gasteiger partial charge in [0.25, 0.3) is 0 Å². The number of aromatic amines is 1. The number of aryl methyl sites for hydroxylation is 1. The molecule has 0 unspecified atom stereocenters. The van der Waals surface area contributed by atoms with Gasteiger partial charge in [0.2, 0.25) is 5.91 Å². The van der Waals surface area contributed by atoms with Crippen LogP contribution in [-0.4, -0.2) is 41.0 Å². The minimum Gasteiger partial charge on any atom is -0.358 e. The van der Waals surface area contributed by atoms with Crippen LogP contribution in [0.4, 0.5) is 0 Å². The third-order valence-corrected chi connectivity index (χ3v) is 5.06. The van der Waals surface area contributed by atoms with E-state index < -0.39 is 0 Å². The maximum absolute atomic E-state index is 12.2. The molecule has 2 fully saturated rings. The molecule has 1 amide bonds. The van der Waals surface area contributed by atoms with E-state index in [9.17, 15) is 4.79 Å². The highest BCUT2D eigenvalue weighted by molar-refractivity contribution is 5.85. The third-order valence-electron chi connectivity index (χ3n) is 5.06. The second-order valence-electron chi connectivity index (χ2n) is 6.23. The molecule has 1 aromatic heterocycles. The van der Waals surface area contributed by atoms with E-state index in [4.69, 9.17) is 0 Å². The first-order chi connectivity index (χ1) is 10.2. The van der Waals surface area contributed by atoms with Gasteiger partial charge in [-0.1, -0.05) is 18.2 Å². The lowest BCUT2D eigenvalue weighted by molar-refractivity contribution is -0.129. The largest absolute Gasteiger partial charge is 0.358 e. The van der Waals surface area contributed by atoms with Crippen LogP contribution in [0.2, 0.25) is 0 Å². The van der Waals surface area contributed by atoms with Gasteiger partial charge in [-0.25, -0.2) is 0 Å². The number of carbonyl (C=O) groups is 1. The summed E-state index contributed by atoms with van der Waals surface area (Å²) in [5.41, 5.74) is 3.77. The van der Waals surface area contributed by atoms with E-state index in [1.54, 1.807) is 0 Å². The summed E-state index contributed by atoms with van der Waals surface area (Å²) in [5.74, 6) is 0.315. The highest BCUT2D eigenvalue weighted by Crippen LogP contribution is 2.28. The Morgan fingerprint density at radius 3 is 3.10 bits per heavy atom. The van der Waals surface area contributed by atoms with Gasteiger partial charge in [-0.2, -0.15) is 0 Å². The Morgan fingerprint density at radius 1 is 1.33 bits per heavy atom. The smallest absolute Gasteiger partial charge is 0.224 e. The van der Waals surface area contributed by atoms with Crippen molar-refractivity contribution in [1.29, 1.82) is 0 Å². The lowest BCUT2D eigenvalue weighted by Crippen LogP contribution is -2.37. The summed E-state index contributed by atoms with van der Waals surface area (Å²) in [6.07, 6.45) is 2.71. The fourth-order valence-electron chi connectivity index (χ4n) is 4.01. The molecule has 1 aromatic carbocycles. The van der Waals surface area contributed by atoms with Gasteiger partial charge in [0.05, 0.1) is 0 Å². The first-order valence-corrected chi connectivity index (χ1v) is 7.83. The van der Waals surface area contributed by atoms with Gasteiger partial charge in [-0.05, 0) is 37.9 Å². The summed E-state index contributed by atoms with van der Waals surface area (Å²) in [6, 6.07) is 9.23. The molecule has 2 atom stereocenters. The van der Waals surface area contributed by atoms with Gasteiger partial charge in [0.15, 0.2) is 0 Å². The van der Waals surface area contributed by atoms with Gasteiger partial charge in [-0.3, -0.25) is 4.79 Å². The minimum absolute atomic E-state index is 0.315. The molecule has 0 aliphatic carbocycles. The predicted molar refractivity (Wildman–Crippen MR) is 83.3 cm³/mol. The molecule has 2 aliphatic rings. The highest BCUT2D eigenvalue weighted by atomic mass is 16.2. The maximum atomic E-state index is 12.2. The Labute approximate surface area is 124 Å².